The Labute approximate surface area is 151 Å². The Morgan fingerprint density at radius 3 is 2.46 bits per heavy atom. The zero-order valence-electron chi connectivity index (χ0n) is 14.3. The Bertz CT molecular complexity index is 1060. The molecule has 0 atom stereocenters. The molecule has 0 fully saturated rings. The van der Waals surface area contributed by atoms with Gasteiger partial charge < -0.3 is 15.8 Å². The predicted octanol–water partition coefficient (Wildman–Crippen LogP) is 4.71. The van der Waals surface area contributed by atoms with Gasteiger partial charge in [-0.3, -0.25) is 0 Å². The van der Waals surface area contributed by atoms with Crippen LogP contribution in [0.4, 0.5) is 11.8 Å². The number of para-hydroxylation sites is 2. The van der Waals surface area contributed by atoms with E-state index in [1.54, 1.807) is 0 Å². The molecule has 3 N–H and O–H groups in total. The molecule has 0 aliphatic rings. The van der Waals surface area contributed by atoms with Crippen molar-refractivity contribution in [2.24, 2.45) is 0 Å². The number of nitrogens with two attached hydrogens (primary N) is 1. The van der Waals surface area contributed by atoms with E-state index in [0.29, 0.717) is 5.82 Å². The van der Waals surface area contributed by atoms with Crippen LogP contribution in [0.1, 0.15) is 0 Å². The van der Waals surface area contributed by atoms with Crippen LogP contribution < -0.4 is 15.8 Å². The Balaban J connectivity index is 1.81. The quantitative estimate of drug-likeness (QED) is 0.562. The van der Waals surface area contributed by atoms with Gasteiger partial charge in [0, 0.05) is 18.0 Å². The third kappa shape index (κ3) is 3.02. The highest BCUT2D eigenvalue weighted by Gasteiger charge is 2.10. The lowest BCUT2D eigenvalue weighted by molar-refractivity contribution is 0.484. The second-order valence-electron chi connectivity index (χ2n) is 5.82. The van der Waals surface area contributed by atoms with E-state index in [0.717, 1.165) is 33.5 Å². The Morgan fingerprint density at radius 2 is 1.65 bits per heavy atom. The molecule has 0 radical (unpaired) electrons. The summed E-state index contributed by atoms with van der Waals surface area (Å²) in [5.74, 6) is 2.54. The Morgan fingerprint density at radius 1 is 0.885 bits per heavy atom. The van der Waals surface area contributed by atoms with E-state index < -0.39 is 0 Å². The Kier molecular flexibility index (Phi) is 4.11. The lowest BCUT2D eigenvalue weighted by Crippen LogP contribution is -2.01. The minimum Gasteiger partial charge on any atom is -0.457 e. The highest BCUT2D eigenvalue weighted by Crippen LogP contribution is 2.35. The van der Waals surface area contributed by atoms with E-state index in [2.05, 4.69) is 15.3 Å². The maximum Gasteiger partial charge on any atom is 0.222 e. The van der Waals surface area contributed by atoms with Crippen LogP contribution in [0.2, 0.25) is 0 Å². The van der Waals surface area contributed by atoms with Crippen LogP contribution in [0.15, 0.2) is 72.8 Å². The number of rotatable bonds is 4. The van der Waals surface area contributed by atoms with Gasteiger partial charge in [-0.15, -0.1) is 0 Å². The number of benzene rings is 3. The van der Waals surface area contributed by atoms with Gasteiger partial charge in [0.25, 0.3) is 0 Å². The molecular weight excluding hydrogens is 324 g/mol. The number of fused-ring (bicyclic) bond motifs is 1. The number of ether oxygens (including phenoxy) is 1. The fourth-order valence-electron chi connectivity index (χ4n) is 2.92. The van der Waals surface area contributed by atoms with Gasteiger partial charge in [0.2, 0.25) is 5.95 Å². The first-order valence-corrected chi connectivity index (χ1v) is 8.32. The van der Waals surface area contributed by atoms with Crippen molar-refractivity contribution in [2.75, 3.05) is 18.1 Å². The van der Waals surface area contributed by atoms with Crippen molar-refractivity contribution in [3.05, 3.63) is 72.8 Å². The van der Waals surface area contributed by atoms with Crippen molar-refractivity contribution in [3.63, 3.8) is 0 Å². The SMILES string of the molecule is CNc1nc(N)nc2cc(-c3ccccc3Oc3ccccc3)ccc12. The second-order valence-corrected chi connectivity index (χ2v) is 5.82. The average Bonchev–Trinajstić information content (AvgIpc) is 2.68. The lowest BCUT2D eigenvalue weighted by Gasteiger charge is -2.12. The van der Waals surface area contributed by atoms with Crippen LogP contribution >= 0.6 is 0 Å². The molecule has 1 aromatic heterocycles. The predicted molar refractivity (Wildman–Crippen MR) is 105 cm³/mol. The van der Waals surface area contributed by atoms with E-state index in [9.17, 15) is 0 Å². The van der Waals surface area contributed by atoms with Gasteiger partial charge in [0.05, 0.1) is 5.52 Å². The fraction of sp³-hybridized carbons (Fsp3) is 0.0476. The lowest BCUT2D eigenvalue weighted by atomic mass is 10.0. The number of aromatic nitrogens is 2. The molecule has 0 saturated heterocycles. The summed E-state index contributed by atoms with van der Waals surface area (Å²) >= 11 is 0. The van der Waals surface area contributed by atoms with Crippen molar-refractivity contribution < 1.29 is 4.74 Å². The third-order valence-corrected chi connectivity index (χ3v) is 4.12. The molecular formula is C21H18N4O. The molecule has 5 nitrogen and oxygen atoms in total. The number of nitrogens with zero attached hydrogens (tertiary/aromatic N) is 2. The molecule has 4 aromatic rings. The summed E-state index contributed by atoms with van der Waals surface area (Å²) in [6.45, 7) is 0. The maximum atomic E-state index is 6.07. The van der Waals surface area contributed by atoms with E-state index in [4.69, 9.17) is 10.5 Å². The molecule has 26 heavy (non-hydrogen) atoms. The largest absolute Gasteiger partial charge is 0.457 e. The van der Waals surface area contributed by atoms with Crippen molar-refractivity contribution in [1.29, 1.82) is 0 Å². The molecule has 3 aromatic carbocycles. The molecule has 5 heteroatoms. The summed E-state index contributed by atoms with van der Waals surface area (Å²) in [4.78, 5) is 8.60. The molecule has 0 unspecified atom stereocenters. The summed E-state index contributed by atoms with van der Waals surface area (Å²) in [6, 6.07) is 23.7. The first kappa shape index (κ1) is 15.9. The smallest absolute Gasteiger partial charge is 0.222 e. The van der Waals surface area contributed by atoms with Gasteiger partial charge in [0.15, 0.2) is 0 Å². The van der Waals surface area contributed by atoms with Gasteiger partial charge in [0.1, 0.15) is 17.3 Å². The van der Waals surface area contributed by atoms with Crippen molar-refractivity contribution in [2.45, 2.75) is 0 Å². The minimum absolute atomic E-state index is 0.243. The first-order chi connectivity index (χ1) is 12.7. The molecule has 0 saturated carbocycles. The van der Waals surface area contributed by atoms with Crippen LogP contribution in [0.5, 0.6) is 11.5 Å². The standard InChI is InChI=1S/C21H18N4O/c1-23-20-17-12-11-14(13-18(17)24-21(22)25-20)16-9-5-6-10-19(16)26-15-7-3-2-4-8-15/h2-13H,1H3,(H3,22,23,24,25). The van der Waals surface area contributed by atoms with Crippen LogP contribution in [0.25, 0.3) is 22.0 Å². The summed E-state index contributed by atoms with van der Waals surface area (Å²) in [5, 5.41) is 3.98. The van der Waals surface area contributed by atoms with Crippen molar-refractivity contribution in [1.82, 2.24) is 9.97 Å². The zero-order valence-corrected chi connectivity index (χ0v) is 14.3. The molecule has 0 aliphatic heterocycles. The normalized spacial score (nSPS) is 10.7. The van der Waals surface area contributed by atoms with Crippen LogP contribution in [0, 0.1) is 0 Å². The second kappa shape index (κ2) is 6.72. The molecule has 1 heterocycles. The van der Waals surface area contributed by atoms with Gasteiger partial charge in [-0.1, -0.05) is 42.5 Å². The summed E-state index contributed by atoms with van der Waals surface area (Å²) < 4.78 is 6.07. The summed E-state index contributed by atoms with van der Waals surface area (Å²) in [6.07, 6.45) is 0. The molecule has 0 aliphatic carbocycles. The molecule has 4 rings (SSSR count). The van der Waals surface area contributed by atoms with E-state index in [-0.39, 0.29) is 5.95 Å². The first-order valence-electron chi connectivity index (χ1n) is 8.32. The van der Waals surface area contributed by atoms with Gasteiger partial charge in [-0.05, 0) is 35.9 Å². The van der Waals surface area contributed by atoms with Crippen LogP contribution in [-0.2, 0) is 0 Å². The zero-order chi connectivity index (χ0) is 17.9. The fourth-order valence-corrected chi connectivity index (χ4v) is 2.92. The van der Waals surface area contributed by atoms with Crippen molar-refractivity contribution in [3.8, 4) is 22.6 Å². The highest BCUT2D eigenvalue weighted by atomic mass is 16.5. The van der Waals surface area contributed by atoms with E-state index >= 15 is 0 Å². The third-order valence-electron chi connectivity index (χ3n) is 4.12. The minimum atomic E-state index is 0.243. The number of anilines is 2. The number of hydrogen-bond donors (Lipinski definition) is 2. The van der Waals surface area contributed by atoms with Crippen molar-refractivity contribution >= 4 is 22.7 Å². The molecule has 0 bridgehead atoms. The maximum absolute atomic E-state index is 6.07. The van der Waals surface area contributed by atoms with Gasteiger partial charge in [-0.25, -0.2) is 4.98 Å². The van der Waals surface area contributed by atoms with Crippen LogP contribution in [-0.4, -0.2) is 17.0 Å². The molecule has 0 amide bonds. The molecule has 0 spiro atoms. The Hall–Kier alpha value is -3.60. The average molecular weight is 342 g/mol. The van der Waals surface area contributed by atoms with E-state index in [1.807, 2.05) is 79.8 Å². The van der Waals surface area contributed by atoms with Gasteiger partial charge in [-0.2, -0.15) is 4.98 Å². The summed E-state index contributed by atoms with van der Waals surface area (Å²) in [5.41, 5.74) is 8.61. The van der Waals surface area contributed by atoms with E-state index in [1.165, 1.54) is 0 Å². The topological polar surface area (TPSA) is 73.1 Å². The molecule has 128 valence electrons. The number of nitrogens with one attached hydrogen (secondary N) is 1. The summed E-state index contributed by atoms with van der Waals surface area (Å²) in [7, 11) is 1.82. The number of nitrogen functional groups attached to an aromatic ring is 1. The monoisotopic (exact) mass is 342 g/mol. The van der Waals surface area contributed by atoms with Gasteiger partial charge >= 0.3 is 0 Å². The van der Waals surface area contributed by atoms with Crippen LogP contribution in [0.3, 0.4) is 0 Å². The highest BCUT2D eigenvalue weighted by molar-refractivity contribution is 5.93. The number of hydrogen-bond acceptors (Lipinski definition) is 5.